The van der Waals surface area contributed by atoms with Crippen LogP contribution in [0, 0.1) is 11.8 Å². The number of fused-ring (bicyclic) bond motifs is 2. The van der Waals surface area contributed by atoms with Gasteiger partial charge in [-0.3, -0.25) is 5.32 Å². The highest BCUT2D eigenvalue weighted by Gasteiger charge is 2.43. The van der Waals surface area contributed by atoms with Gasteiger partial charge in [0.25, 0.3) is 0 Å². The summed E-state index contributed by atoms with van der Waals surface area (Å²) in [6.07, 6.45) is 4.05. The number of carbonyl (C=O) groups is 2. The summed E-state index contributed by atoms with van der Waals surface area (Å²) in [5.41, 5.74) is -0.525. The molecule has 0 aliphatic heterocycles. The molecule has 2 fully saturated rings. The van der Waals surface area contributed by atoms with E-state index in [1.165, 1.54) is 30.6 Å². The quantitative estimate of drug-likeness (QED) is 0.866. The van der Waals surface area contributed by atoms with Crippen LogP contribution in [0.5, 0.6) is 0 Å². The number of amides is 1. The zero-order valence-corrected chi connectivity index (χ0v) is 14.4. The van der Waals surface area contributed by atoms with Gasteiger partial charge in [0, 0.05) is 4.88 Å². The first-order valence-electron chi connectivity index (χ1n) is 7.97. The summed E-state index contributed by atoms with van der Waals surface area (Å²) >= 11 is 1.28. The predicted molar refractivity (Wildman–Crippen MR) is 87.1 cm³/mol. The number of aromatic carboxylic acids is 1. The van der Waals surface area contributed by atoms with Crippen LogP contribution in [0.4, 0.5) is 9.93 Å². The van der Waals surface area contributed by atoms with Gasteiger partial charge in [-0.05, 0) is 57.8 Å². The zero-order chi connectivity index (χ0) is 16.8. The number of rotatable bonds is 3. The van der Waals surface area contributed by atoms with Crippen molar-refractivity contribution in [3.63, 3.8) is 0 Å². The number of hydrogen-bond donors (Lipinski definition) is 2. The third-order valence-electron chi connectivity index (χ3n) is 4.54. The number of hydrogen-bond acceptors (Lipinski definition) is 5. The van der Waals surface area contributed by atoms with E-state index in [1.54, 1.807) is 20.8 Å². The SMILES string of the molecule is CC(C)(C)OC(=O)Nc1nc(C(=O)O)c(C2CC3CCC2C3)s1. The minimum absolute atomic E-state index is 0.0820. The van der Waals surface area contributed by atoms with Gasteiger partial charge in [-0.2, -0.15) is 0 Å². The molecule has 1 aromatic rings. The fourth-order valence-electron chi connectivity index (χ4n) is 3.75. The van der Waals surface area contributed by atoms with Crippen molar-refractivity contribution in [1.29, 1.82) is 0 Å². The van der Waals surface area contributed by atoms with Crippen LogP contribution in [0.3, 0.4) is 0 Å². The Balaban J connectivity index is 1.79. The first-order valence-corrected chi connectivity index (χ1v) is 8.78. The fraction of sp³-hybridized carbons (Fsp3) is 0.688. The number of carboxylic acid groups (broad SMARTS) is 1. The summed E-state index contributed by atoms with van der Waals surface area (Å²) in [6.45, 7) is 5.33. The highest BCUT2D eigenvalue weighted by molar-refractivity contribution is 7.16. The second kappa shape index (κ2) is 5.78. The summed E-state index contributed by atoms with van der Waals surface area (Å²) in [7, 11) is 0. The molecule has 0 spiro atoms. The van der Waals surface area contributed by atoms with E-state index in [4.69, 9.17) is 4.74 Å². The molecule has 1 aromatic heterocycles. The Labute approximate surface area is 139 Å². The molecule has 126 valence electrons. The van der Waals surface area contributed by atoms with Crippen LogP contribution >= 0.6 is 11.3 Å². The van der Waals surface area contributed by atoms with Crippen molar-refractivity contribution < 1.29 is 19.4 Å². The highest BCUT2D eigenvalue weighted by atomic mass is 32.1. The first-order chi connectivity index (χ1) is 10.7. The maximum Gasteiger partial charge on any atom is 0.413 e. The minimum atomic E-state index is -1.03. The molecule has 3 rings (SSSR count). The van der Waals surface area contributed by atoms with Crippen LogP contribution in [0.1, 0.15) is 67.7 Å². The zero-order valence-electron chi connectivity index (χ0n) is 13.6. The van der Waals surface area contributed by atoms with Gasteiger partial charge in [0.15, 0.2) is 10.8 Å². The molecule has 6 nitrogen and oxygen atoms in total. The van der Waals surface area contributed by atoms with Crippen LogP contribution in [0.2, 0.25) is 0 Å². The van der Waals surface area contributed by atoms with Crippen molar-refractivity contribution in [2.75, 3.05) is 5.32 Å². The first kappa shape index (κ1) is 16.2. The highest BCUT2D eigenvalue weighted by Crippen LogP contribution is 2.54. The van der Waals surface area contributed by atoms with Crippen molar-refractivity contribution in [3.05, 3.63) is 10.6 Å². The molecule has 2 bridgehead atoms. The van der Waals surface area contributed by atoms with Gasteiger partial charge in [0.1, 0.15) is 5.60 Å². The average molecular weight is 338 g/mol. The van der Waals surface area contributed by atoms with Crippen molar-refractivity contribution >= 4 is 28.5 Å². The number of carbonyl (C=O) groups excluding carboxylic acids is 1. The lowest BCUT2D eigenvalue weighted by atomic mass is 9.87. The Morgan fingerprint density at radius 1 is 1.30 bits per heavy atom. The molecule has 1 amide bonds. The second-order valence-corrected chi connectivity index (χ2v) is 8.48. The van der Waals surface area contributed by atoms with Crippen LogP contribution < -0.4 is 5.32 Å². The Hall–Kier alpha value is -1.63. The van der Waals surface area contributed by atoms with E-state index in [0.717, 1.165) is 17.2 Å². The standard InChI is InChI=1S/C16H22N2O4S/c1-16(2,3)22-15(21)18-14-17-11(13(19)20)12(23-14)10-7-8-4-5-9(10)6-8/h8-10H,4-7H2,1-3H3,(H,19,20)(H,17,18,21). The van der Waals surface area contributed by atoms with Crippen LogP contribution in [0.15, 0.2) is 0 Å². The van der Waals surface area contributed by atoms with Gasteiger partial charge < -0.3 is 9.84 Å². The molecule has 0 saturated heterocycles. The van der Waals surface area contributed by atoms with Gasteiger partial charge in [-0.15, -0.1) is 11.3 Å². The maximum absolute atomic E-state index is 11.9. The lowest BCUT2D eigenvalue weighted by Gasteiger charge is -2.20. The van der Waals surface area contributed by atoms with Crippen molar-refractivity contribution in [2.24, 2.45) is 11.8 Å². The molecule has 3 atom stereocenters. The summed E-state index contributed by atoms with van der Waals surface area (Å²) in [6, 6.07) is 0. The van der Waals surface area contributed by atoms with E-state index in [0.29, 0.717) is 11.0 Å². The van der Waals surface area contributed by atoms with E-state index in [2.05, 4.69) is 10.3 Å². The van der Waals surface area contributed by atoms with Crippen molar-refractivity contribution in [2.45, 2.75) is 58.0 Å². The number of thiazole rings is 1. The lowest BCUT2D eigenvalue weighted by molar-refractivity contribution is 0.0631. The topological polar surface area (TPSA) is 88.5 Å². The summed E-state index contributed by atoms with van der Waals surface area (Å²) in [5, 5.41) is 12.3. The van der Waals surface area contributed by atoms with Crippen LogP contribution in [-0.2, 0) is 4.74 Å². The molecule has 7 heteroatoms. The van der Waals surface area contributed by atoms with Gasteiger partial charge in [-0.25, -0.2) is 14.6 Å². The van der Waals surface area contributed by atoms with Gasteiger partial charge in [0.2, 0.25) is 0 Å². The molecule has 2 N–H and O–H groups in total. The molecule has 0 radical (unpaired) electrons. The molecule has 3 unspecified atom stereocenters. The van der Waals surface area contributed by atoms with Crippen LogP contribution in [-0.4, -0.2) is 27.8 Å². The molecular weight excluding hydrogens is 316 g/mol. The normalized spacial score (nSPS) is 26.3. The summed E-state index contributed by atoms with van der Waals surface area (Å²) in [5.74, 6) is 0.520. The van der Waals surface area contributed by atoms with Crippen molar-refractivity contribution in [3.8, 4) is 0 Å². The van der Waals surface area contributed by atoms with Crippen LogP contribution in [0.25, 0.3) is 0 Å². The van der Waals surface area contributed by atoms with Gasteiger partial charge in [-0.1, -0.05) is 6.42 Å². The van der Waals surface area contributed by atoms with E-state index in [9.17, 15) is 14.7 Å². The average Bonchev–Trinajstić information content (AvgIpc) is 3.08. The predicted octanol–water partition coefficient (Wildman–Crippen LogP) is 4.09. The van der Waals surface area contributed by atoms with E-state index in [-0.39, 0.29) is 11.6 Å². The third-order valence-corrected chi connectivity index (χ3v) is 5.64. The Morgan fingerprint density at radius 3 is 2.57 bits per heavy atom. The third kappa shape index (κ3) is 3.49. The number of nitrogens with zero attached hydrogens (tertiary/aromatic N) is 1. The molecule has 23 heavy (non-hydrogen) atoms. The minimum Gasteiger partial charge on any atom is -0.476 e. The van der Waals surface area contributed by atoms with E-state index < -0.39 is 17.7 Å². The number of ether oxygens (including phenoxy) is 1. The molecule has 1 heterocycles. The van der Waals surface area contributed by atoms with E-state index >= 15 is 0 Å². The summed E-state index contributed by atoms with van der Waals surface area (Å²) in [4.78, 5) is 28.3. The smallest absolute Gasteiger partial charge is 0.413 e. The summed E-state index contributed by atoms with van der Waals surface area (Å²) < 4.78 is 5.20. The fourth-order valence-corrected chi connectivity index (χ4v) is 4.90. The van der Waals surface area contributed by atoms with E-state index in [1.807, 2.05) is 0 Å². The number of aromatic nitrogens is 1. The number of nitrogens with one attached hydrogen (secondary N) is 1. The van der Waals surface area contributed by atoms with Gasteiger partial charge >= 0.3 is 12.1 Å². The number of carboxylic acids is 1. The van der Waals surface area contributed by atoms with Gasteiger partial charge in [0.05, 0.1) is 0 Å². The molecular formula is C16H22N2O4S. The molecule has 2 aliphatic carbocycles. The molecule has 2 aliphatic rings. The monoisotopic (exact) mass is 338 g/mol. The Bertz CT molecular complexity index is 635. The largest absolute Gasteiger partial charge is 0.476 e. The Kier molecular flexibility index (Phi) is 4.08. The van der Waals surface area contributed by atoms with Crippen molar-refractivity contribution in [1.82, 2.24) is 4.98 Å². The number of anilines is 1. The maximum atomic E-state index is 11.9. The molecule has 0 aromatic carbocycles. The second-order valence-electron chi connectivity index (χ2n) is 7.45. The Morgan fingerprint density at radius 2 is 2.04 bits per heavy atom. The lowest BCUT2D eigenvalue weighted by Crippen LogP contribution is -2.27. The molecule has 2 saturated carbocycles.